The molecule has 0 bridgehead atoms. The van der Waals surface area contributed by atoms with Crippen LogP contribution in [0, 0.1) is 0 Å². The number of rotatable bonds is 6. The van der Waals surface area contributed by atoms with E-state index in [9.17, 15) is 13.2 Å². The molecule has 1 rings (SSSR count). The zero-order valence-electron chi connectivity index (χ0n) is 11.6. The van der Waals surface area contributed by atoms with Crippen LogP contribution in [0.3, 0.4) is 0 Å². The van der Waals surface area contributed by atoms with Crippen molar-refractivity contribution < 1.29 is 18.3 Å². The lowest BCUT2D eigenvalue weighted by molar-refractivity contribution is 0.0697. The van der Waals surface area contributed by atoms with E-state index in [1.165, 1.54) is 16.4 Å². The fourth-order valence-corrected chi connectivity index (χ4v) is 3.83. The number of carboxylic acid groups (broad SMARTS) is 1. The summed E-state index contributed by atoms with van der Waals surface area (Å²) in [6.45, 7) is 5.78. The Morgan fingerprint density at radius 1 is 1.40 bits per heavy atom. The van der Waals surface area contributed by atoms with Gasteiger partial charge in [0, 0.05) is 12.6 Å². The molecule has 0 spiro atoms. The highest BCUT2D eigenvalue weighted by Crippen LogP contribution is 2.24. The fourth-order valence-electron chi connectivity index (χ4n) is 1.89. The average Bonchev–Trinajstić information content (AvgIpc) is 2.38. The minimum atomic E-state index is -3.72. The van der Waals surface area contributed by atoms with Gasteiger partial charge in [-0.3, -0.25) is 0 Å². The van der Waals surface area contributed by atoms with Gasteiger partial charge in [0.25, 0.3) is 0 Å². The van der Waals surface area contributed by atoms with E-state index < -0.39 is 16.0 Å². The summed E-state index contributed by atoms with van der Waals surface area (Å²) >= 11 is 5.76. The van der Waals surface area contributed by atoms with E-state index in [1.54, 1.807) is 6.92 Å². The van der Waals surface area contributed by atoms with Gasteiger partial charge in [-0.15, -0.1) is 0 Å². The maximum Gasteiger partial charge on any atom is 0.337 e. The van der Waals surface area contributed by atoms with E-state index in [0.717, 1.165) is 6.07 Å². The summed E-state index contributed by atoms with van der Waals surface area (Å²) in [6, 6.07) is 3.57. The average molecular weight is 320 g/mol. The first-order valence-corrected chi connectivity index (χ1v) is 8.12. The Labute approximate surface area is 124 Å². The molecule has 0 radical (unpaired) electrons. The molecule has 0 fully saturated rings. The van der Waals surface area contributed by atoms with Gasteiger partial charge in [0.2, 0.25) is 10.0 Å². The van der Waals surface area contributed by atoms with Crippen molar-refractivity contribution in [3.05, 3.63) is 28.8 Å². The lowest BCUT2D eigenvalue weighted by atomic mass is 10.2. The van der Waals surface area contributed by atoms with Crippen LogP contribution >= 0.6 is 11.6 Å². The Bertz CT molecular complexity index is 600. The van der Waals surface area contributed by atoms with Crippen LogP contribution in [0.5, 0.6) is 0 Å². The normalized spacial score (nSPS) is 13.4. The van der Waals surface area contributed by atoms with Crippen molar-refractivity contribution in [3.8, 4) is 0 Å². The minimum Gasteiger partial charge on any atom is -0.478 e. The first-order valence-electron chi connectivity index (χ1n) is 6.30. The second kappa shape index (κ2) is 6.56. The maximum atomic E-state index is 12.5. The number of carboxylic acids is 1. The summed E-state index contributed by atoms with van der Waals surface area (Å²) in [5.41, 5.74) is -0.215. The van der Waals surface area contributed by atoms with E-state index >= 15 is 0 Å². The number of hydrogen-bond donors (Lipinski definition) is 1. The van der Waals surface area contributed by atoms with Crippen molar-refractivity contribution in [3.63, 3.8) is 0 Å². The molecule has 20 heavy (non-hydrogen) atoms. The maximum absolute atomic E-state index is 12.5. The van der Waals surface area contributed by atoms with Crippen LogP contribution in [0.4, 0.5) is 0 Å². The van der Waals surface area contributed by atoms with Gasteiger partial charge in [0.05, 0.1) is 15.5 Å². The van der Waals surface area contributed by atoms with Crippen LogP contribution in [0.25, 0.3) is 0 Å². The molecule has 0 saturated carbocycles. The lowest BCUT2D eigenvalue weighted by Crippen LogP contribution is -2.38. The molecular formula is C13H18ClNO4S. The highest BCUT2D eigenvalue weighted by Gasteiger charge is 2.28. The predicted octanol–water partition coefficient (Wildman–Crippen LogP) is 2.85. The molecule has 0 saturated heterocycles. The van der Waals surface area contributed by atoms with Gasteiger partial charge in [-0.1, -0.05) is 25.4 Å². The summed E-state index contributed by atoms with van der Waals surface area (Å²) < 4.78 is 26.4. The molecule has 0 aliphatic rings. The molecule has 1 aromatic carbocycles. The Balaban J connectivity index is 3.35. The summed E-state index contributed by atoms with van der Waals surface area (Å²) in [5, 5.41) is 9.03. The molecule has 0 heterocycles. The molecule has 1 N–H and O–H groups in total. The monoisotopic (exact) mass is 319 g/mol. The van der Waals surface area contributed by atoms with Crippen LogP contribution < -0.4 is 0 Å². The van der Waals surface area contributed by atoms with Gasteiger partial charge in [0.1, 0.15) is 0 Å². The predicted molar refractivity (Wildman–Crippen MR) is 77.7 cm³/mol. The molecule has 0 amide bonds. The Morgan fingerprint density at radius 3 is 2.45 bits per heavy atom. The van der Waals surface area contributed by atoms with Crippen LogP contribution in [-0.4, -0.2) is 36.4 Å². The number of hydrogen-bond acceptors (Lipinski definition) is 3. The molecular weight excluding hydrogens is 302 g/mol. The van der Waals surface area contributed by atoms with Crippen molar-refractivity contribution in [1.82, 2.24) is 4.31 Å². The first-order chi connectivity index (χ1) is 9.25. The third-order valence-corrected chi connectivity index (χ3v) is 5.58. The highest BCUT2D eigenvalue weighted by molar-refractivity contribution is 7.89. The Morgan fingerprint density at radius 2 is 2.00 bits per heavy atom. The summed E-state index contributed by atoms with van der Waals surface area (Å²) in [5.74, 6) is -1.25. The summed E-state index contributed by atoms with van der Waals surface area (Å²) in [6.07, 6.45) is 0.673. The molecule has 112 valence electrons. The quantitative estimate of drug-likeness (QED) is 0.875. The van der Waals surface area contributed by atoms with Gasteiger partial charge in [-0.05, 0) is 31.5 Å². The lowest BCUT2D eigenvalue weighted by Gasteiger charge is -2.26. The van der Waals surface area contributed by atoms with E-state index in [1.807, 2.05) is 13.8 Å². The molecule has 0 aliphatic carbocycles. The van der Waals surface area contributed by atoms with Crippen LogP contribution in [0.2, 0.25) is 5.02 Å². The van der Waals surface area contributed by atoms with E-state index in [0.29, 0.717) is 13.0 Å². The zero-order chi connectivity index (χ0) is 15.5. The Kier molecular flexibility index (Phi) is 5.56. The second-order valence-corrected chi connectivity index (χ2v) is 6.71. The molecule has 1 aromatic rings. The topological polar surface area (TPSA) is 74.7 Å². The summed E-state index contributed by atoms with van der Waals surface area (Å²) in [7, 11) is -3.72. The summed E-state index contributed by atoms with van der Waals surface area (Å²) in [4.78, 5) is 11.0. The number of aromatic carboxylic acids is 1. The molecule has 7 heteroatoms. The molecule has 0 aliphatic heterocycles. The van der Waals surface area contributed by atoms with Crippen LogP contribution in [0.15, 0.2) is 23.1 Å². The van der Waals surface area contributed by atoms with Gasteiger partial charge in [-0.25, -0.2) is 13.2 Å². The smallest absolute Gasteiger partial charge is 0.337 e. The SMILES string of the molecule is CCC(C)N(CC)S(=O)(=O)c1ccc(Cl)c(C(=O)O)c1. The van der Waals surface area contributed by atoms with Crippen molar-refractivity contribution in [2.24, 2.45) is 0 Å². The molecule has 1 atom stereocenters. The first kappa shape index (κ1) is 16.9. The number of carbonyl (C=O) groups is 1. The number of nitrogens with zero attached hydrogens (tertiary/aromatic N) is 1. The van der Waals surface area contributed by atoms with Crippen LogP contribution in [0.1, 0.15) is 37.6 Å². The minimum absolute atomic E-state index is 0.0167. The number of halogens is 1. The zero-order valence-corrected chi connectivity index (χ0v) is 13.2. The van der Waals surface area contributed by atoms with Gasteiger partial charge in [0.15, 0.2) is 0 Å². The number of benzene rings is 1. The fraction of sp³-hybridized carbons (Fsp3) is 0.462. The van der Waals surface area contributed by atoms with Gasteiger partial charge in [-0.2, -0.15) is 4.31 Å². The van der Waals surface area contributed by atoms with Crippen LogP contribution in [-0.2, 0) is 10.0 Å². The second-order valence-electron chi connectivity index (χ2n) is 4.41. The van der Waals surface area contributed by atoms with E-state index in [4.69, 9.17) is 16.7 Å². The molecule has 1 unspecified atom stereocenters. The number of sulfonamides is 1. The molecule has 5 nitrogen and oxygen atoms in total. The third kappa shape index (κ3) is 3.31. The van der Waals surface area contributed by atoms with Crippen molar-refractivity contribution in [1.29, 1.82) is 0 Å². The largest absolute Gasteiger partial charge is 0.478 e. The van der Waals surface area contributed by atoms with Crippen molar-refractivity contribution >= 4 is 27.6 Å². The highest BCUT2D eigenvalue weighted by atomic mass is 35.5. The van der Waals surface area contributed by atoms with E-state index in [-0.39, 0.29) is 21.5 Å². The van der Waals surface area contributed by atoms with E-state index in [2.05, 4.69) is 0 Å². The molecule has 0 aromatic heterocycles. The van der Waals surface area contributed by atoms with Crippen molar-refractivity contribution in [2.45, 2.75) is 38.1 Å². The third-order valence-electron chi connectivity index (χ3n) is 3.17. The Hall–Kier alpha value is -1.11. The standard InChI is InChI=1S/C13H18ClNO4S/c1-4-9(3)15(5-2)20(18,19)10-6-7-12(14)11(8-10)13(16)17/h6-9H,4-5H2,1-3H3,(H,16,17). The van der Waals surface area contributed by atoms with Gasteiger partial charge < -0.3 is 5.11 Å². The van der Waals surface area contributed by atoms with Crippen molar-refractivity contribution in [2.75, 3.05) is 6.54 Å². The van der Waals surface area contributed by atoms with Gasteiger partial charge >= 0.3 is 5.97 Å².